The molecule has 0 radical (unpaired) electrons. The molecule has 2 aromatic carbocycles. The van der Waals surface area contributed by atoms with Gasteiger partial charge in [-0.1, -0.05) is 40.2 Å². The van der Waals surface area contributed by atoms with Crippen molar-refractivity contribution in [3.8, 4) is 0 Å². The molecule has 0 spiro atoms. The van der Waals surface area contributed by atoms with Crippen LogP contribution in [0.2, 0.25) is 0 Å². The van der Waals surface area contributed by atoms with Gasteiger partial charge in [-0.2, -0.15) is 0 Å². The van der Waals surface area contributed by atoms with Crippen LogP contribution in [0, 0.1) is 13.8 Å². The van der Waals surface area contributed by atoms with E-state index in [-0.39, 0.29) is 5.78 Å². The molecule has 19 heavy (non-hydrogen) atoms. The van der Waals surface area contributed by atoms with E-state index >= 15 is 0 Å². The van der Waals surface area contributed by atoms with E-state index in [4.69, 9.17) is 0 Å². The summed E-state index contributed by atoms with van der Waals surface area (Å²) in [6.07, 6.45) is 0. The number of aryl methyl sites for hydroxylation is 1. The quantitative estimate of drug-likeness (QED) is 0.575. The van der Waals surface area contributed by atoms with Crippen LogP contribution in [0.3, 0.4) is 0 Å². The highest BCUT2D eigenvalue weighted by Gasteiger charge is 2.10. The van der Waals surface area contributed by atoms with Crippen molar-refractivity contribution in [2.24, 2.45) is 0 Å². The lowest BCUT2D eigenvalue weighted by Gasteiger charge is -2.07. The number of ketones is 1. The standard InChI is InChI=1S/C16H15BrOS/c1-11-5-3-8-15(12(11)2)16(18)10-19-14-7-4-6-13(17)9-14/h3-9H,10H2,1-2H3. The van der Waals surface area contributed by atoms with Gasteiger partial charge in [-0.15, -0.1) is 11.8 Å². The second kappa shape index (κ2) is 6.40. The van der Waals surface area contributed by atoms with Gasteiger partial charge in [0.2, 0.25) is 0 Å². The third kappa shape index (κ3) is 3.71. The predicted octanol–water partition coefficient (Wildman–Crippen LogP) is 5.04. The molecule has 0 atom stereocenters. The lowest BCUT2D eigenvalue weighted by Crippen LogP contribution is -2.05. The predicted molar refractivity (Wildman–Crippen MR) is 85.1 cm³/mol. The number of thioether (sulfide) groups is 1. The largest absolute Gasteiger partial charge is 0.293 e. The summed E-state index contributed by atoms with van der Waals surface area (Å²) in [5.74, 6) is 0.659. The van der Waals surface area contributed by atoms with Crippen molar-refractivity contribution in [3.05, 3.63) is 63.6 Å². The molecule has 1 nitrogen and oxygen atoms in total. The summed E-state index contributed by atoms with van der Waals surface area (Å²) in [5.41, 5.74) is 3.09. The molecular formula is C16H15BrOS. The van der Waals surface area contributed by atoms with Gasteiger partial charge in [0, 0.05) is 14.9 Å². The van der Waals surface area contributed by atoms with Gasteiger partial charge in [0.25, 0.3) is 0 Å². The first kappa shape index (κ1) is 14.4. The highest BCUT2D eigenvalue weighted by atomic mass is 79.9. The summed E-state index contributed by atoms with van der Waals surface area (Å²) < 4.78 is 1.04. The van der Waals surface area contributed by atoms with E-state index in [1.165, 1.54) is 5.56 Å². The lowest BCUT2D eigenvalue weighted by atomic mass is 10.0. The number of hydrogen-bond donors (Lipinski definition) is 0. The molecule has 0 fully saturated rings. The van der Waals surface area contributed by atoms with Crippen LogP contribution >= 0.6 is 27.7 Å². The molecule has 0 bridgehead atoms. The number of hydrogen-bond acceptors (Lipinski definition) is 2. The molecule has 0 aromatic heterocycles. The molecule has 0 aliphatic carbocycles. The van der Waals surface area contributed by atoms with Gasteiger partial charge in [0.05, 0.1) is 5.75 Å². The Hall–Kier alpha value is -1.06. The molecule has 0 amide bonds. The highest BCUT2D eigenvalue weighted by Crippen LogP contribution is 2.23. The fraction of sp³-hybridized carbons (Fsp3) is 0.188. The first-order valence-corrected chi connectivity index (χ1v) is 7.83. The zero-order valence-corrected chi connectivity index (χ0v) is 13.3. The number of benzene rings is 2. The van der Waals surface area contributed by atoms with Crippen LogP contribution in [0.25, 0.3) is 0 Å². The van der Waals surface area contributed by atoms with Gasteiger partial charge < -0.3 is 0 Å². The van der Waals surface area contributed by atoms with E-state index < -0.39 is 0 Å². The van der Waals surface area contributed by atoms with Crippen molar-refractivity contribution in [2.45, 2.75) is 18.7 Å². The molecule has 0 aliphatic rings. The average Bonchev–Trinajstić information content (AvgIpc) is 2.39. The maximum Gasteiger partial charge on any atom is 0.173 e. The molecule has 0 saturated heterocycles. The van der Waals surface area contributed by atoms with E-state index in [1.807, 2.05) is 56.3 Å². The Morgan fingerprint density at radius 2 is 1.89 bits per heavy atom. The number of Topliss-reactive ketones (excluding diaryl/α,β-unsaturated/α-hetero) is 1. The minimum atomic E-state index is 0.186. The van der Waals surface area contributed by atoms with Crippen molar-refractivity contribution in [2.75, 3.05) is 5.75 Å². The summed E-state index contributed by atoms with van der Waals surface area (Å²) in [5, 5.41) is 0. The van der Waals surface area contributed by atoms with Crippen LogP contribution < -0.4 is 0 Å². The molecule has 2 aromatic rings. The molecule has 0 saturated carbocycles. The van der Waals surface area contributed by atoms with Gasteiger partial charge >= 0.3 is 0 Å². The summed E-state index contributed by atoms with van der Waals surface area (Å²) in [4.78, 5) is 13.3. The summed E-state index contributed by atoms with van der Waals surface area (Å²) in [6.45, 7) is 4.04. The van der Waals surface area contributed by atoms with E-state index in [1.54, 1.807) is 11.8 Å². The Labute approximate surface area is 126 Å². The van der Waals surface area contributed by atoms with E-state index in [0.717, 1.165) is 20.5 Å². The molecule has 2 rings (SSSR count). The van der Waals surface area contributed by atoms with E-state index in [9.17, 15) is 4.79 Å². The minimum absolute atomic E-state index is 0.186. The Morgan fingerprint density at radius 3 is 2.63 bits per heavy atom. The van der Waals surface area contributed by atoms with Crippen molar-refractivity contribution >= 4 is 33.5 Å². The topological polar surface area (TPSA) is 17.1 Å². The molecule has 98 valence electrons. The molecule has 3 heteroatoms. The molecule has 0 unspecified atom stereocenters. The summed E-state index contributed by atoms with van der Waals surface area (Å²) in [7, 11) is 0. The Kier molecular flexibility index (Phi) is 4.83. The zero-order valence-electron chi connectivity index (χ0n) is 10.9. The summed E-state index contributed by atoms with van der Waals surface area (Å²) >= 11 is 5.01. The number of rotatable bonds is 4. The minimum Gasteiger partial charge on any atom is -0.293 e. The Balaban J connectivity index is 2.08. The summed E-state index contributed by atoms with van der Waals surface area (Å²) in [6, 6.07) is 13.9. The molecule has 0 heterocycles. The fourth-order valence-electron chi connectivity index (χ4n) is 1.84. The highest BCUT2D eigenvalue weighted by molar-refractivity contribution is 9.10. The van der Waals surface area contributed by atoms with Crippen LogP contribution in [0.4, 0.5) is 0 Å². The number of halogens is 1. The first-order chi connectivity index (χ1) is 9.08. The zero-order chi connectivity index (χ0) is 13.8. The van der Waals surface area contributed by atoms with Crippen molar-refractivity contribution < 1.29 is 4.79 Å². The first-order valence-electron chi connectivity index (χ1n) is 6.05. The fourth-order valence-corrected chi connectivity index (χ4v) is 3.23. The maximum absolute atomic E-state index is 12.2. The van der Waals surface area contributed by atoms with Crippen molar-refractivity contribution in [1.82, 2.24) is 0 Å². The van der Waals surface area contributed by atoms with E-state index in [2.05, 4.69) is 15.9 Å². The second-order valence-electron chi connectivity index (χ2n) is 4.42. The van der Waals surface area contributed by atoms with Gasteiger partial charge in [0.15, 0.2) is 5.78 Å². The van der Waals surface area contributed by atoms with Gasteiger partial charge in [0.1, 0.15) is 0 Å². The Morgan fingerprint density at radius 1 is 1.16 bits per heavy atom. The third-order valence-corrected chi connectivity index (χ3v) is 4.56. The number of carbonyl (C=O) groups excluding carboxylic acids is 1. The number of carbonyl (C=O) groups is 1. The van der Waals surface area contributed by atoms with Gasteiger partial charge in [-0.3, -0.25) is 4.79 Å². The van der Waals surface area contributed by atoms with Gasteiger partial charge in [-0.25, -0.2) is 0 Å². The van der Waals surface area contributed by atoms with Crippen LogP contribution in [-0.4, -0.2) is 11.5 Å². The normalized spacial score (nSPS) is 10.5. The molecule has 0 aliphatic heterocycles. The molecular weight excluding hydrogens is 320 g/mol. The SMILES string of the molecule is Cc1cccc(C(=O)CSc2cccc(Br)c2)c1C. The molecule has 0 N–H and O–H groups in total. The average molecular weight is 335 g/mol. The third-order valence-electron chi connectivity index (χ3n) is 3.07. The second-order valence-corrected chi connectivity index (χ2v) is 6.38. The van der Waals surface area contributed by atoms with Crippen LogP contribution in [0.1, 0.15) is 21.5 Å². The smallest absolute Gasteiger partial charge is 0.173 e. The van der Waals surface area contributed by atoms with Gasteiger partial charge in [-0.05, 0) is 43.2 Å². The lowest BCUT2D eigenvalue weighted by molar-refractivity contribution is 0.102. The monoisotopic (exact) mass is 334 g/mol. The van der Waals surface area contributed by atoms with Crippen LogP contribution in [-0.2, 0) is 0 Å². The van der Waals surface area contributed by atoms with E-state index in [0.29, 0.717) is 5.75 Å². The maximum atomic E-state index is 12.2. The van der Waals surface area contributed by atoms with Crippen LogP contribution in [0.5, 0.6) is 0 Å². The van der Waals surface area contributed by atoms with Crippen molar-refractivity contribution in [3.63, 3.8) is 0 Å². The van der Waals surface area contributed by atoms with Crippen molar-refractivity contribution in [1.29, 1.82) is 0 Å². The Bertz CT molecular complexity index is 607. The van der Waals surface area contributed by atoms with Crippen LogP contribution in [0.15, 0.2) is 51.8 Å².